The second-order valence-electron chi connectivity index (χ2n) is 5.48. The Balaban J connectivity index is 1.81. The van der Waals surface area contributed by atoms with Crippen LogP contribution in [-0.2, 0) is 11.3 Å². The lowest BCUT2D eigenvalue weighted by atomic mass is 10.1. The van der Waals surface area contributed by atoms with Gasteiger partial charge in [0.05, 0.1) is 26.3 Å². The summed E-state index contributed by atoms with van der Waals surface area (Å²) in [5.41, 5.74) is 0.583. The van der Waals surface area contributed by atoms with Gasteiger partial charge in [0.25, 0.3) is 5.91 Å². The van der Waals surface area contributed by atoms with Crippen LogP contribution in [0.2, 0.25) is 0 Å². The summed E-state index contributed by atoms with van der Waals surface area (Å²) in [5.74, 6) is 0.105. The number of oxazole rings is 1. The summed E-state index contributed by atoms with van der Waals surface area (Å²) < 4.78 is 15.2. The van der Waals surface area contributed by atoms with Crippen molar-refractivity contribution >= 4 is 11.9 Å². The van der Waals surface area contributed by atoms with Crippen LogP contribution in [0, 0.1) is 0 Å². The van der Waals surface area contributed by atoms with Crippen LogP contribution in [0.5, 0.6) is 5.75 Å². The smallest absolute Gasteiger partial charge is 0.360 e. The van der Waals surface area contributed by atoms with Crippen molar-refractivity contribution in [3.05, 3.63) is 47.7 Å². The molecule has 1 heterocycles. The molecule has 24 heavy (non-hydrogen) atoms. The van der Waals surface area contributed by atoms with Crippen molar-refractivity contribution in [2.45, 2.75) is 25.4 Å². The lowest BCUT2D eigenvalue weighted by Crippen LogP contribution is -2.33. The molecule has 2 aromatic rings. The predicted octanol–water partition coefficient (Wildman–Crippen LogP) is 2.27. The van der Waals surface area contributed by atoms with Gasteiger partial charge in [-0.1, -0.05) is 12.1 Å². The average Bonchev–Trinajstić information content (AvgIpc) is 3.36. The SMILES string of the molecule is COC(=O)c1coc(CN(C(=O)c2ccccc2OC)C2CC2)n1. The van der Waals surface area contributed by atoms with Crippen molar-refractivity contribution in [1.29, 1.82) is 0 Å². The van der Waals surface area contributed by atoms with Crippen LogP contribution in [0.4, 0.5) is 0 Å². The molecule has 1 aliphatic carbocycles. The third-order valence-corrected chi connectivity index (χ3v) is 3.84. The van der Waals surface area contributed by atoms with E-state index in [0.29, 0.717) is 17.2 Å². The first-order valence-electron chi connectivity index (χ1n) is 7.60. The number of methoxy groups -OCH3 is 2. The molecule has 1 aromatic carbocycles. The Hall–Kier alpha value is -2.83. The van der Waals surface area contributed by atoms with Gasteiger partial charge >= 0.3 is 5.97 Å². The molecule has 0 saturated heterocycles. The fourth-order valence-corrected chi connectivity index (χ4v) is 2.46. The number of para-hydroxylation sites is 1. The van der Waals surface area contributed by atoms with Crippen LogP contribution >= 0.6 is 0 Å². The van der Waals surface area contributed by atoms with Gasteiger partial charge in [-0.3, -0.25) is 4.79 Å². The molecule has 1 saturated carbocycles. The number of hydrogen-bond donors (Lipinski definition) is 0. The molecule has 0 spiro atoms. The minimum atomic E-state index is -0.570. The van der Waals surface area contributed by atoms with Gasteiger partial charge in [0.15, 0.2) is 5.69 Å². The zero-order valence-electron chi connectivity index (χ0n) is 13.5. The summed E-state index contributed by atoms with van der Waals surface area (Å²) in [6.07, 6.45) is 3.11. The van der Waals surface area contributed by atoms with Crippen molar-refractivity contribution < 1.29 is 23.5 Å². The molecule has 0 aliphatic heterocycles. The normalized spacial score (nSPS) is 13.4. The zero-order chi connectivity index (χ0) is 17.1. The van der Waals surface area contributed by atoms with Crippen LogP contribution in [0.1, 0.15) is 39.6 Å². The maximum atomic E-state index is 12.9. The molecule has 7 heteroatoms. The highest BCUT2D eigenvalue weighted by molar-refractivity contribution is 5.97. The van der Waals surface area contributed by atoms with Gasteiger partial charge in [-0.25, -0.2) is 9.78 Å². The number of amides is 1. The van der Waals surface area contributed by atoms with E-state index in [1.165, 1.54) is 20.5 Å². The van der Waals surface area contributed by atoms with Crippen LogP contribution in [0.15, 0.2) is 34.9 Å². The van der Waals surface area contributed by atoms with Gasteiger partial charge < -0.3 is 18.8 Å². The Labute approximate surface area is 139 Å². The Kier molecular flexibility index (Phi) is 4.50. The van der Waals surface area contributed by atoms with Crippen molar-refractivity contribution in [3.63, 3.8) is 0 Å². The van der Waals surface area contributed by atoms with E-state index in [-0.39, 0.29) is 24.2 Å². The lowest BCUT2D eigenvalue weighted by Gasteiger charge is -2.21. The van der Waals surface area contributed by atoms with Crippen LogP contribution in [0.25, 0.3) is 0 Å². The topological polar surface area (TPSA) is 81.9 Å². The van der Waals surface area contributed by atoms with Gasteiger partial charge in [-0.2, -0.15) is 0 Å². The minimum absolute atomic E-state index is 0.0907. The summed E-state index contributed by atoms with van der Waals surface area (Å²) >= 11 is 0. The maximum Gasteiger partial charge on any atom is 0.360 e. The highest BCUT2D eigenvalue weighted by atomic mass is 16.5. The molecule has 1 aliphatic rings. The lowest BCUT2D eigenvalue weighted by molar-refractivity contribution is 0.0594. The summed E-state index contributed by atoms with van der Waals surface area (Å²) in [4.78, 5) is 30.1. The molecule has 0 N–H and O–H groups in total. The summed E-state index contributed by atoms with van der Waals surface area (Å²) in [7, 11) is 2.81. The van der Waals surface area contributed by atoms with E-state index in [4.69, 9.17) is 9.15 Å². The van der Waals surface area contributed by atoms with Crippen LogP contribution < -0.4 is 4.74 Å². The van der Waals surface area contributed by atoms with Crippen LogP contribution in [-0.4, -0.2) is 42.0 Å². The fourth-order valence-electron chi connectivity index (χ4n) is 2.46. The quantitative estimate of drug-likeness (QED) is 0.756. The van der Waals surface area contributed by atoms with E-state index in [1.54, 1.807) is 23.1 Å². The standard InChI is InChI=1S/C17H18N2O5/c1-22-14-6-4-3-5-12(14)16(20)19(11-7-8-11)9-15-18-13(10-24-15)17(21)23-2/h3-6,10-11H,7-9H2,1-2H3. The van der Waals surface area contributed by atoms with E-state index in [1.807, 2.05) is 6.07 Å². The molecule has 1 aromatic heterocycles. The van der Waals surface area contributed by atoms with E-state index < -0.39 is 5.97 Å². The first-order chi connectivity index (χ1) is 11.6. The van der Waals surface area contributed by atoms with Gasteiger partial charge in [0, 0.05) is 6.04 Å². The number of carbonyl (C=O) groups is 2. The number of benzene rings is 1. The number of aromatic nitrogens is 1. The third-order valence-electron chi connectivity index (χ3n) is 3.84. The highest BCUT2D eigenvalue weighted by Gasteiger charge is 2.35. The number of esters is 1. The first kappa shape index (κ1) is 16.0. The third kappa shape index (κ3) is 3.24. The van der Waals surface area contributed by atoms with Gasteiger partial charge in [0.1, 0.15) is 12.0 Å². The average molecular weight is 330 g/mol. The Morgan fingerprint density at radius 2 is 2.04 bits per heavy atom. The Bertz CT molecular complexity index is 751. The van der Waals surface area contributed by atoms with Gasteiger partial charge in [0.2, 0.25) is 5.89 Å². The van der Waals surface area contributed by atoms with Gasteiger partial charge in [-0.15, -0.1) is 0 Å². The summed E-state index contributed by atoms with van der Waals surface area (Å²) in [5, 5.41) is 0. The monoisotopic (exact) mass is 330 g/mol. The van der Waals surface area contributed by atoms with Crippen LogP contribution in [0.3, 0.4) is 0 Å². The molecule has 1 fully saturated rings. The van der Waals surface area contributed by atoms with Crippen molar-refractivity contribution in [2.75, 3.05) is 14.2 Å². The second kappa shape index (κ2) is 6.74. The number of rotatable bonds is 6. The molecule has 0 bridgehead atoms. The molecule has 7 nitrogen and oxygen atoms in total. The number of nitrogens with zero attached hydrogens (tertiary/aromatic N) is 2. The van der Waals surface area contributed by atoms with Crippen molar-refractivity contribution in [3.8, 4) is 5.75 Å². The second-order valence-corrected chi connectivity index (χ2v) is 5.48. The van der Waals surface area contributed by atoms with Crippen molar-refractivity contribution in [2.24, 2.45) is 0 Å². The van der Waals surface area contributed by atoms with E-state index in [2.05, 4.69) is 9.72 Å². The Morgan fingerprint density at radius 3 is 2.71 bits per heavy atom. The van der Waals surface area contributed by atoms with E-state index in [0.717, 1.165) is 12.8 Å². The molecule has 0 atom stereocenters. The number of hydrogen-bond acceptors (Lipinski definition) is 6. The summed E-state index contributed by atoms with van der Waals surface area (Å²) in [6, 6.07) is 7.23. The molecular weight excluding hydrogens is 312 g/mol. The van der Waals surface area contributed by atoms with Crippen molar-refractivity contribution in [1.82, 2.24) is 9.88 Å². The molecule has 0 unspecified atom stereocenters. The highest BCUT2D eigenvalue weighted by Crippen LogP contribution is 2.31. The minimum Gasteiger partial charge on any atom is -0.496 e. The largest absolute Gasteiger partial charge is 0.496 e. The van der Waals surface area contributed by atoms with Gasteiger partial charge in [-0.05, 0) is 25.0 Å². The predicted molar refractivity (Wildman–Crippen MR) is 83.7 cm³/mol. The number of carbonyl (C=O) groups excluding carboxylic acids is 2. The molecule has 3 rings (SSSR count). The molecule has 0 radical (unpaired) electrons. The Morgan fingerprint density at radius 1 is 1.29 bits per heavy atom. The molecule has 1 amide bonds. The fraction of sp³-hybridized carbons (Fsp3) is 0.353. The number of ether oxygens (including phenoxy) is 2. The summed E-state index contributed by atoms with van der Waals surface area (Å²) in [6.45, 7) is 0.193. The maximum absolute atomic E-state index is 12.9. The van der Waals surface area contributed by atoms with E-state index in [9.17, 15) is 9.59 Å². The molecular formula is C17H18N2O5. The first-order valence-corrected chi connectivity index (χ1v) is 7.60. The van der Waals surface area contributed by atoms with E-state index >= 15 is 0 Å². The molecule has 126 valence electrons. The zero-order valence-corrected chi connectivity index (χ0v) is 13.5.